The number of carbonyl (C=O) groups is 1. The molecule has 1 saturated heterocycles. The van der Waals surface area contributed by atoms with Gasteiger partial charge in [0.25, 0.3) is 5.91 Å². The van der Waals surface area contributed by atoms with Gasteiger partial charge in [-0.2, -0.15) is 0 Å². The Morgan fingerprint density at radius 1 is 1.56 bits per heavy atom. The van der Waals surface area contributed by atoms with Crippen molar-refractivity contribution in [3.05, 3.63) is 30.1 Å². The fourth-order valence-corrected chi connectivity index (χ4v) is 2.62. The maximum Gasteiger partial charge on any atom is 0.270 e. The summed E-state index contributed by atoms with van der Waals surface area (Å²) >= 11 is 0. The second kappa shape index (κ2) is 4.44. The van der Waals surface area contributed by atoms with Crippen LogP contribution in [-0.4, -0.2) is 33.9 Å². The quantitative estimate of drug-likeness (QED) is 0.836. The molecule has 0 spiro atoms. The molecule has 0 aliphatic carbocycles. The van der Waals surface area contributed by atoms with Crippen LogP contribution in [0.15, 0.2) is 24.4 Å². The second-order valence-electron chi connectivity index (χ2n) is 5.12. The van der Waals surface area contributed by atoms with E-state index in [0.29, 0.717) is 11.6 Å². The molecule has 3 rings (SSSR count). The molecular weight excluding hydrogens is 226 g/mol. The van der Waals surface area contributed by atoms with Crippen molar-refractivity contribution in [1.82, 2.24) is 14.9 Å². The summed E-state index contributed by atoms with van der Waals surface area (Å²) in [6, 6.07) is 5.74. The van der Waals surface area contributed by atoms with Crippen molar-refractivity contribution in [2.24, 2.45) is 5.92 Å². The highest BCUT2D eigenvalue weighted by molar-refractivity contribution is 5.97. The van der Waals surface area contributed by atoms with Crippen LogP contribution in [0.2, 0.25) is 0 Å². The van der Waals surface area contributed by atoms with Crippen LogP contribution in [0.25, 0.3) is 11.0 Å². The fourth-order valence-electron chi connectivity index (χ4n) is 2.62. The van der Waals surface area contributed by atoms with Gasteiger partial charge in [-0.05, 0) is 37.0 Å². The van der Waals surface area contributed by atoms with Gasteiger partial charge in [-0.1, -0.05) is 6.92 Å². The Bertz CT molecular complexity index is 542. The van der Waals surface area contributed by atoms with E-state index in [1.165, 1.54) is 6.42 Å². The molecule has 0 radical (unpaired) electrons. The van der Waals surface area contributed by atoms with E-state index in [2.05, 4.69) is 16.9 Å². The van der Waals surface area contributed by atoms with Crippen LogP contribution < -0.4 is 0 Å². The Hall–Kier alpha value is -1.84. The lowest BCUT2D eigenvalue weighted by Crippen LogP contribution is -2.39. The largest absolute Gasteiger partial charge is 0.337 e. The highest BCUT2D eigenvalue weighted by Crippen LogP contribution is 2.19. The van der Waals surface area contributed by atoms with Gasteiger partial charge in [-0.3, -0.25) is 4.79 Å². The summed E-state index contributed by atoms with van der Waals surface area (Å²) in [6.45, 7) is 3.93. The molecule has 3 heterocycles. The van der Waals surface area contributed by atoms with Crippen LogP contribution in [0.3, 0.4) is 0 Å². The van der Waals surface area contributed by atoms with E-state index >= 15 is 0 Å². The summed E-state index contributed by atoms with van der Waals surface area (Å²) in [5.41, 5.74) is 1.43. The third-order valence-electron chi connectivity index (χ3n) is 3.57. The Morgan fingerprint density at radius 3 is 3.22 bits per heavy atom. The molecule has 2 aromatic heterocycles. The first kappa shape index (κ1) is 11.3. The predicted octanol–water partition coefficient (Wildman–Crippen LogP) is 2.44. The number of pyridine rings is 1. The minimum Gasteiger partial charge on any atom is -0.337 e. The molecule has 1 amide bonds. The Morgan fingerprint density at radius 2 is 2.44 bits per heavy atom. The van der Waals surface area contributed by atoms with Crippen molar-refractivity contribution in [3.8, 4) is 0 Å². The number of piperidine rings is 1. The number of carbonyl (C=O) groups excluding carboxylic acids is 1. The number of hydrogen-bond acceptors (Lipinski definition) is 2. The lowest BCUT2D eigenvalue weighted by atomic mass is 10.00. The van der Waals surface area contributed by atoms with Gasteiger partial charge in [-0.25, -0.2) is 4.98 Å². The average Bonchev–Trinajstić information content (AvgIpc) is 2.81. The molecule has 0 saturated carbocycles. The zero-order chi connectivity index (χ0) is 12.5. The van der Waals surface area contributed by atoms with E-state index in [4.69, 9.17) is 0 Å². The summed E-state index contributed by atoms with van der Waals surface area (Å²) in [5.74, 6) is 0.699. The summed E-state index contributed by atoms with van der Waals surface area (Å²) in [6.07, 6.45) is 4.06. The molecule has 4 heteroatoms. The fraction of sp³-hybridized carbons (Fsp3) is 0.429. The van der Waals surface area contributed by atoms with E-state index in [1.54, 1.807) is 6.20 Å². The summed E-state index contributed by atoms with van der Waals surface area (Å²) in [4.78, 5) is 21.6. The third-order valence-corrected chi connectivity index (χ3v) is 3.57. The summed E-state index contributed by atoms with van der Waals surface area (Å²) in [7, 11) is 0. The van der Waals surface area contributed by atoms with E-state index < -0.39 is 0 Å². The maximum absolute atomic E-state index is 12.4. The maximum atomic E-state index is 12.4. The lowest BCUT2D eigenvalue weighted by molar-refractivity contribution is 0.0678. The zero-order valence-electron chi connectivity index (χ0n) is 10.5. The van der Waals surface area contributed by atoms with Crippen molar-refractivity contribution in [2.45, 2.75) is 19.8 Å². The molecule has 2 aromatic rings. The number of hydrogen-bond donors (Lipinski definition) is 1. The second-order valence-corrected chi connectivity index (χ2v) is 5.12. The Balaban J connectivity index is 1.87. The number of H-pyrrole nitrogens is 1. The molecular formula is C14H17N3O. The number of nitrogens with zero attached hydrogens (tertiary/aromatic N) is 2. The van der Waals surface area contributed by atoms with Crippen molar-refractivity contribution in [1.29, 1.82) is 0 Å². The Kier molecular flexibility index (Phi) is 2.78. The molecule has 1 aliphatic heterocycles. The standard InChI is InChI=1S/C14H17N3O/c1-10-4-3-7-17(9-10)14(18)12-8-11-5-2-6-15-13(11)16-12/h2,5-6,8,10H,3-4,7,9H2,1H3,(H,15,16). The number of aromatic amines is 1. The molecule has 1 atom stereocenters. The van der Waals surface area contributed by atoms with Gasteiger partial charge in [-0.15, -0.1) is 0 Å². The molecule has 1 unspecified atom stereocenters. The Labute approximate surface area is 106 Å². The molecule has 18 heavy (non-hydrogen) atoms. The third kappa shape index (κ3) is 1.98. The molecule has 1 aliphatic rings. The molecule has 4 nitrogen and oxygen atoms in total. The van der Waals surface area contributed by atoms with Gasteiger partial charge in [0.05, 0.1) is 0 Å². The first-order valence-corrected chi connectivity index (χ1v) is 6.47. The van der Waals surface area contributed by atoms with Gasteiger partial charge in [0.15, 0.2) is 0 Å². The van der Waals surface area contributed by atoms with Crippen molar-refractivity contribution < 1.29 is 4.79 Å². The van der Waals surface area contributed by atoms with Crippen LogP contribution in [0.4, 0.5) is 0 Å². The number of rotatable bonds is 1. The lowest BCUT2D eigenvalue weighted by Gasteiger charge is -2.30. The molecule has 94 valence electrons. The van der Waals surface area contributed by atoms with Crippen molar-refractivity contribution >= 4 is 16.9 Å². The minimum absolute atomic E-state index is 0.0968. The van der Waals surface area contributed by atoms with E-state index in [1.807, 2.05) is 23.1 Å². The van der Waals surface area contributed by atoms with Gasteiger partial charge in [0.1, 0.15) is 11.3 Å². The molecule has 1 N–H and O–H groups in total. The SMILES string of the molecule is CC1CCCN(C(=O)c2cc3cccnc3[nH]2)C1. The number of likely N-dealkylation sites (tertiary alicyclic amines) is 1. The topological polar surface area (TPSA) is 49.0 Å². The van der Waals surface area contributed by atoms with Crippen LogP contribution in [0.5, 0.6) is 0 Å². The van der Waals surface area contributed by atoms with Gasteiger partial charge < -0.3 is 9.88 Å². The number of nitrogens with one attached hydrogen (secondary N) is 1. The predicted molar refractivity (Wildman–Crippen MR) is 70.4 cm³/mol. The van der Waals surface area contributed by atoms with Crippen LogP contribution in [-0.2, 0) is 0 Å². The zero-order valence-corrected chi connectivity index (χ0v) is 10.5. The monoisotopic (exact) mass is 243 g/mol. The minimum atomic E-state index is 0.0968. The smallest absolute Gasteiger partial charge is 0.270 e. The van der Waals surface area contributed by atoms with Gasteiger partial charge in [0, 0.05) is 24.7 Å². The highest BCUT2D eigenvalue weighted by Gasteiger charge is 2.23. The first-order chi connectivity index (χ1) is 8.74. The summed E-state index contributed by atoms with van der Waals surface area (Å²) in [5, 5.41) is 0.992. The van der Waals surface area contributed by atoms with E-state index in [0.717, 1.165) is 30.5 Å². The number of aromatic nitrogens is 2. The number of fused-ring (bicyclic) bond motifs is 1. The first-order valence-electron chi connectivity index (χ1n) is 6.47. The van der Waals surface area contributed by atoms with Crippen LogP contribution >= 0.6 is 0 Å². The van der Waals surface area contributed by atoms with Crippen molar-refractivity contribution in [3.63, 3.8) is 0 Å². The van der Waals surface area contributed by atoms with Crippen LogP contribution in [0.1, 0.15) is 30.3 Å². The van der Waals surface area contributed by atoms with Gasteiger partial charge >= 0.3 is 0 Å². The normalized spacial score (nSPS) is 20.3. The van der Waals surface area contributed by atoms with Crippen molar-refractivity contribution in [2.75, 3.05) is 13.1 Å². The molecule has 1 fully saturated rings. The molecule has 0 bridgehead atoms. The average molecular weight is 243 g/mol. The van der Waals surface area contributed by atoms with Crippen LogP contribution in [0, 0.1) is 5.92 Å². The summed E-state index contributed by atoms with van der Waals surface area (Å²) < 4.78 is 0. The van der Waals surface area contributed by atoms with E-state index in [9.17, 15) is 4.79 Å². The molecule has 0 aromatic carbocycles. The van der Waals surface area contributed by atoms with Gasteiger partial charge in [0.2, 0.25) is 0 Å². The number of amides is 1. The highest BCUT2D eigenvalue weighted by atomic mass is 16.2. The van der Waals surface area contributed by atoms with E-state index in [-0.39, 0.29) is 5.91 Å².